The summed E-state index contributed by atoms with van der Waals surface area (Å²) in [6, 6.07) is 9.44. The predicted octanol–water partition coefficient (Wildman–Crippen LogP) is 2.40. The number of hydrogen-bond donors (Lipinski definition) is 1. The Labute approximate surface area is 101 Å². The van der Waals surface area contributed by atoms with Crippen LogP contribution in [0.25, 0.3) is 0 Å². The summed E-state index contributed by atoms with van der Waals surface area (Å²) in [5, 5.41) is 9.81. The Hall–Kier alpha value is -1.87. The van der Waals surface area contributed by atoms with Gasteiger partial charge < -0.3 is 9.84 Å². The van der Waals surface area contributed by atoms with E-state index in [1.807, 2.05) is 30.3 Å². The molecule has 0 aromatic heterocycles. The van der Waals surface area contributed by atoms with Crippen molar-refractivity contribution in [3.8, 4) is 0 Å². The SMILES string of the molecule is COC(=O)/C=C/C=C/CC(O)c1ccccc1. The summed E-state index contributed by atoms with van der Waals surface area (Å²) in [6.07, 6.45) is 6.42. The van der Waals surface area contributed by atoms with Crippen LogP contribution >= 0.6 is 0 Å². The zero-order chi connectivity index (χ0) is 12.5. The smallest absolute Gasteiger partial charge is 0.330 e. The van der Waals surface area contributed by atoms with Crippen LogP contribution in [0.5, 0.6) is 0 Å². The first kappa shape index (κ1) is 13.2. The molecule has 3 nitrogen and oxygen atoms in total. The summed E-state index contributed by atoms with van der Waals surface area (Å²) in [5.74, 6) is -0.391. The van der Waals surface area contributed by atoms with E-state index in [1.54, 1.807) is 18.2 Å². The third-order valence-corrected chi connectivity index (χ3v) is 2.22. The number of aliphatic hydroxyl groups excluding tert-OH is 1. The van der Waals surface area contributed by atoms with Crippen molar-refractivity contribution >= 4 is 5.97 Å². The lowest BCUT2D eigenvalue weighted by atomic mass is 10.1. The van der Waals surface area contributed by atoms with E-state index in [9.17, 15) is 9.90 Å². The maximum Gasteiger partial charge on any atom is 0.330 e. The van der Waals surface area contributed by atoms with Gasteiger partial charge in [-0.3, -0.25) is 0 Å². The molecule has 17 heavy (non-hydrogen) atoms. The standard InChI is InChI=1S/C14H16O3/c1-17-14(16)11-7-3-6-10-13(15)12-8-4-2-5-9-12/h2-9,11,13,15H,10H2,1H3/b6-3+,11-7+. The fourth-order valence-electron chi connectivity index (χ4n) is 1.30. The average molecular weight is 232 g/mol. The normalized spacial score (nSPS) is 13.1. The van der Waals surface area contributed by atoms with Crippen LogP contribution < -0.4 is 0 Å². The Morgan fingerprint density at radius 3 is 2.71 bits per heavy atom. The van der Waals surface area contributed by atoms with Crippen molar-refractivity contribution in [1.82, 2.24) is 0 Å². The van der Waals surface area contributed by atoms with E-state index in [-0.39, 0.29) is 0 Å². The first-order chi connectivity index (χ1) is 8.24. The highest BCUT2D eigenvalue weighted by molar-refractivity contribution is 5.82. The summed E-state index contributed by atoms with van der Waals surface area (Å²) < 4.78 is 4.44. The first-order valence-electron chi connectivity index (χ1n) is 5.38. The van der Waals surface area contributed by atoms with Crippen LogP contribution in [0.2, 0.25) is 0 Å². The van der Waals surface area contributed by atoms with E-state index in [4.69, 9.17) is 0 Å². The van der Waals surface area contributed by atoms with Gasteiger partial charge in [-0.2, -0.15) is 0 Å². The number of aliphatic hydroxyl groups is 1. The van der Waals surface area contributed by atoms with Gasteiger partial charge in [0.1, 0.15) is 0 Å². The Bertz CT molecular complexity index is 393. The molecule has 1 rings (SSSR count). The minimum Gasteiger partial charge on any atom is -0.466 e. The Balaban J connectivity index is 2.38. The van der Waals surface area contributed by atoms with E-state index in [2.05, 4.69) is 4.74 Å². The van der Waals surface area contributed by atoms with E-state index in [1.165, 1.54) is 13.2 Å². The van der Waals surface area contributed by atoms with Gasteiger partial charge in [-0.1, -0.05) is 48.6 Å². The number of carbonyl (C=O) groups is 1. The second-order valence-electron chi connectivity index (χ2n) is 3.47. The van der Waals surface area contributed by atoms with Gasteiger partial charge in [0.25, 0.3) is 0 Å². The van der Waals surface area contributed by atoms with E-state index < -0.39 is 12.1 Å². The molecular weight excluding hydrogens is 216 g/mol. The number of carbonyl (C=O) groups excluding carboxylic acids is 1. The van der Waals surface area contributed by atoms with Crippen molar-refractivity contribution in [2.75, 3.05) is 7.11 Å². The molecule has 3 heteroatoms. The Morgan fingerprint density at radius 1 is 1.35 bits per heavy atom. The fraction of sp³-hybridized carbons (Fsp3) is 0.214. The second-order valence-corrected chi connectivity index (χ2v) is 3.47. The highest BCUT2D eigenvalue weighted by atomic mass is 16.5. The van der Waals surface area contributed by atoms with E-state index in [0.29, 0.717) is 6.42 Å². The van der Waals surface area contributed by atoms with Crippen LogP contribution in [0.3, 0.4) is 0 Å². The molecule has 0 fully saturated rings. The van der Waals surface area contributed by atoms with Gasteiger partial charge in [-0.15, -0.1) is 0 Å². The maximum absolute atomic E-state index is 10.7. The van der Waals surface area contributed by atoms with Gasteiger partial charge in [0, 0.05) is 6.08 Å². The number of hydrogen-bond acceptors (Lipinski definition) is 3. The minimum absolute atomic E-state index is 0.391. The fourth-order valence-corrected chi connectivity index (χ4v) is 1.30. The quantitative estimate of drug-likeness (QED) is 0.481. The lowest BCUT2D eigenvalue weighted by Crippen LogP contribution is -1.94. The Kier molecular flexibility index (Phi) is 5.75. The van der Waals surface area contributed by atoms with Crippen LogP contribution in [0.4, 0.5) is 0 Å². The summed E-state index contributed by atoms with van der Waals surface area (Å²) in [5.41, 5.74) is 0.883. The molecule has 0 aliphatic carbocycles. The van der Waals surface area contributed by atoms with Crippen LogP contribution in [-0.4, -0.2) is 18.2 Å². The van der Waals surface area contributed by atoms with Crippen LogP contribution in [0.15, 0.2) is 54.6 Å². The number of esters is 1. The van der Waals surface area contributed by atoms with Crippen LogP contribution in [0.1, 0.15) is 18.1 Å². The molecule has 1 atom stereocenters. The summed E-state index contributed by atoms with van der Waals surface area (Å²) >= 11 is 0. The minimum atomic E-state index is -0.515. The molecular formula is C14H16O3. The van der Waals surface area contributed by atoms with Crippen molar-refractivity contribution in [3.05, 3.63) is 60.2 Å². The number of benzene rings is 1. The highest BCUT2D eigenvalue weighted by Gasteiger charge is 2.02. The average Bonchev–Trinajstić information content (AvgIpc) is 2.38. The maximum atomic E-state index is 10.7. The van der Waals surface area contributed by atoms with Gasteiger partial charge in [-0.25, -0.2) is 4.79 Å². The lowest BCUT2D eigenvalue weighted by Gasteiger charge is -2.06. The molecule has 0 aliphatic heterocycles. The van der Waals surface area contributed by atoms with Gasteiger partial charge in [0.2, 0.25) is 0 Å². The summed E-state index contributed by atoms with van der Waals surface area (Å²) in [4.78, 5) is 10.7. The third-order valence-electron chi connectivity index (χ3n) is 2.22. The van der Waals surface area contributed by atoms with Crippen molar-refractivity contribution in [2.45, 2.75) is 12.5 Å². The van der Waals surface area contributed by atoms with Crippen molar-refractivity contribution in [3.63, 3.8) is 0 Å². The monoisotopic (exact) mass is 232 g/mol. The molecule has 0 bridgehead atoms. The predicted molar refractivity (Wildman–Crippen MR) is 66.3 cm³/mol. The molecule has 0 spiro atoms. The molecule has 0 aliphatic rings. The van der Waals surface area contributed by atoms with E-state index in [0.717, 1.165) is 5.56 Å². The molecule has 90 valence electrons. The van der Waals surface area contributed by atoms with Crippen molar-refractivity contribution < 1.29 is 14.6 Å². The number of ether oxygens (including phenoxy) is 1. The Morgan fingerprint density at radius 2 is 2.06 bits per heavy atom. The first-order valence-corrected chi connectivity index (χ1v) is 5.38. The number of rotatable bonds is 5. The molecule has 0 heterocycles. The topological polar surface area (TPSA) is 46.5 Å². The zero-order valence-electron chi connectivity index (χ0n) is 9.74. The zero-order valence-corrected chi connectivity index (χ0v) is 9.74. The van der Waals surface area contributed by atoms with Crippen LogP contribution in [0, 0.1) is 0 Å². The lowest BCUT2D eigenvalue weighted by molar-refractivity contribution is -0.134. The molecule has 0 amide bonds. The van der Waals surface area contributed by atoms with Crippen molar-refractivity contribution in [1.29, 1.82) is 0 Å². The summed E-state index contributed by atoms with van der Waals surface area (Å²) in [7, 11) is 1.33. The molecule has 1 aromatic rings. The van der Waals surface area contributed by atoms with Crippen LogP contribution in [-0.2, 0) is 9.53 Å². The van der Waals surface area contributed by atoms with Crippen molar-refractivity contribution in [2.24, 2.45) is 0 Å². The molecule has 0 saturated heterocycles. The molecule has 1 N–H and O–H groups in total. The molecule has 1 unspecified atom stereocenters. The van der Waals surface area contributed by atoms with Gasteiger partial charge in [0.15, 0.2) is 0 Å². The second kappa shape index (κ2) is 7.41. The third kappa shape index (κ3) is 5.13. The van der Waals surface area contributed by atoms with Gasteiger partial charge in [-0.05, 0) is 12.0 Å². The number of methoxy groups -OCH3 is 1. The largest absolute Gasteiger partial charge is 0.466 e. The van der Waals surface area contributed by atoms with Gasteiger partial charge >= 0.3 is 5.97 Å². The van der Waals surface area contributed by atoms with E-state index >= 15 is 0 Å². The summed E-state index contributed by atoms with van der Waals surface area (Å²) in [6.45, 7) is 0. The van der Waals surface area contributed by atoms with Gasteiger partial charge in [0.05, 0.1) is 13.2 Å². The molecule has 0 saturated carbocycles. The molecule has 1 aromatic carbocycles. The number of allylic oxidation sites excluding steroid dienone is 2. The highest BCUT2D eigenvalue weighted by Crippen LogP contribution is 2.15. The molecule has 0 radical (unpaired) electrons.